The molecule has 290 valence electrons. The molecule has 0 aliphatic carbocycles. The zero-order valence-corrected chi connectivity index (χ0v) is 32.4. The van der Waals surface area contributed by atoms with E-state index in [1.165, 1.54) is 0 Å². The van der Waals surface area contributed by atoms with Crippen LogP contribution >= 0.6 is 0 Å². The van der Waals surface area contributed by atoms with Crippen LogP contribution in [0.15, 0.2) is 224 Å². The predicted molar refractivity (Wildman–Crippen MR) is 256 cm³/mol. The molecule has 0 saturated heterocycles. The Balaban J connectivity index is 1.03. The van der Waals surface area contributed by atoms with Crippen LogP contribution in [0.5, 0.6) is 0 Å². The topological polar surface area (TPSA) is 48.5 Å². The van der Waals surface area contributed by atoms with Gasteiger partial charge >= 0.3 is 0 Å². The van der Waals surface area contributed by atoms with E-state index in [9.17, 15) is 5.48 Å². The number of hydrogen-bond acceptors (Lipinski definition) is 3. The Morgan fingerprint density at radius 3 is 0.984 bits per heavy atom. The number of aromatic nitrogens is 5. The molecule has 0 amide bonds. The molecule has 0 aliphatic rings. The summed E-state index contributed by atoms with van der Waals surface area (Å²) in [5, 5.41) is -1.04. The van der Waals surface area contributed by atoms with Gasteiger partial charge in [-0.1, -0.05) is 194 Å². The van der Waals surface area contributed by atoms with Crippen molar-refractivity contribution in [1.29, 1.82) is 0 Å². The Morgan fingerprint density at radius 2 is 0.597 bits per heavy atom. The minimum absolute atomic E-state index is 0.138. The van der Waals surface area contributed by atoms with Crippen LogP contribution in [0.3, 0.4) is 0 Å². The molecule has 0 saturated carbocycles. The highest BCUT2D eigenvalue weighted by molar-refractivity contribution is 6.10. The molecule has 12 rings (SSSR count). The molecule has 0 unspecified atom stereocenters. The molecular weight excluding hydrogens is 755 g/mol. The van der Waals surface area contributed by atoms with Crippen molar-refractivity contribution in [3.05, 3.63) is 224 Å². The lowest BCUT2D eigenvalue weighted by atomic mass is 9.96. The minimum Gasteiger partial charge on any atom is -0.278 e. The number of rotatable bonds is 7. The van der Waals surface area contributed by atoms with E-state index in [2.05, 4.69) is 60.7 Å². The molecule has 0 bridgehead atoms. The fourth-order valence-corrected chi connectivity index (χ4v) is 7.96. The van der Waals surface area contributed by atoms with Gasteiger partial charge in [-0.2, -0.15) is 15.0 Å². The van der Waals surface area contributed by atoms with Gasteiger partial charge in [-0.15, -0.1) is 0 Å². The number of fused-ring (bicyclic) bond motifs is 6. The predicted octanol–water partition coefficient (Wildman–Crippen LogP) is 14.4. The summed E-state index contributed by atoms with van der Waals surface area (Å²) in [6.45, 7) is 0. The first-order valence-electron chi connectivity index (χ1n) is 27.6. The Hall–Kier alpha value is -8.41. The quantitative estimate of drug-likeness (QED) is 0.161. The van der Waals surface area contributed by atoms with Gasteiger partial charge in [-0.25, -0.2) is 0 Å². The number of hydrogen-bond donors (Lipinski definition) is 0. The molecule has 0 radical (unpaired) electrons. The van der Waals surface area contributed by atoms with E-state index in [0.717, 1.165) is 53.6 Å². The van der Waals surface area contributed by atoms with Gasteiger partial charge in [0.1, 0.15) is 0 Å². The highest BCUT2D eigenvalue weighted by Crippen LogP contribution is 2.35. The molecule has 3 aromatic heterocycles. The highest BCUT2D eigenvalue weighted by atomic mass is 15.3. The molecule has 12 aromatic rings. The summed E-state index contributed by atoms with van der Waals surface area (Å²) < 4.78 is 144. The van der Waals surface area contributed by atoms with Crippen LogP contribution in [0.4, 0.5) is 0 Å². The van der Waals surface area contributed by atoms with Gasteiger partial charge in [0, 0.05) is 27.1 Å². The normalized spacial score (nSPS) is 15.2. The highest BCUT2D eigenvalue weighted by Gasteiger charge is 2.20. The molecule has 0 atom stereocenters. The van der Waals surface area contributed by atoms with Crippen molar-refractivity contribution in [2.75, 3.05) is 0 Å². The summed E-state index contributed by atoms with van der Waals surface area (Å²) in [6.07, 6.45) is 0. The first-order valence-corrected chi connectivity index (χ1v) is 19.6. The fourth-order valence-electron chi connectivity index (χ4n) is 7.96. The van der Waals surface area contributed by atoms with Gasteiger partial charge in [-0.05, 0) is 74.7 Å². The Kier molecular flexibility index (Phi) is 5.41. The van der Waals surface area contributed by atoms with Gasteiger partial charge in [-0.3, -0.25) is 9.13 Å². The minimum atomic E-state index is -0.696. The summed E-state index contributed by atoms with van der Waals surface area (Å²) in [5.41, 5.74) is 7.16. The van der Waals surface area contributed by atoms with Crippen molar-refractivity contribution in [1.82, 2.24) is 24.1 Å². The average molecular weight is 808 g/mol. The van der Waals surface area contributed by atoms with Crippen molar-refractivity contribution in [3.8, 4) is 67.8 Å². The standard InChI is InChI=1S/C57H37N5/c1-2-13-38(14-3-1)45-15-12-16-46(37-45)43-31-29-41(30-32-43)39-25-27-40(28-26-39)42-33-35-44(36-34-42)55-58-56(61-51-21-8-4-17-47(51)48-18-5-9-22-52(48)61)60-57(59-55)62-53-23-10-6-19-49(53)50-20-7-11-24-54(50)62/h1-37H/i4D,5D,6D,7D,8D,9D,10D,11D,17D,18D,19D,20D,21D,22D,23D,24D. The molecular formula is C57H37N5. The summed E-state index contributed by atoms with van der Waals surface area (Å²) in [6, 6.07) is 31.6. The Labute approximate surface area is 381 Å². The average Bonchev–Trinajstić information content (AvgIpc) is 3.78. The maximum Gasteiger partial charge on any atom is 0.240 e. The lowest BCUT2D eigenvalue weighted by molar-refractivity contribution is 0.893. The SMILES string of the molecule is [2H]c1c([2H])c([2H])c2c(c1[2H])c1c([2H])c([2H])c([2H])c([2H])c1n2-c1nc(-c2ccc(-c3ccc(-c4ccc(-c5cccc(-c6ccccc6)c5)cc4)cc3)cc2)nc(-n2c3c([2H])c([2H])c([2H])c([2H])c3c3c([2H])c([2H])c([2H])c([2H])c32)n1. The van der Waals surface area contributed by atoms with E-state index in [4.69, 9.17) is 31.4 Å². The van der Waals surface area contributed by atoms with Crippen molar-refractivity contribution in [3.63, 3.8) is 0 Å². The third-order valence-electron chi connectivity index (χ3n) is 11.0. The van der Waals surface area contributed by atoms with E-state index in [1.807, 2.05) is 54.6 Å². The molecule has 0 N–H and O–H groups in total. The molecule has 0 spiro atoms. The van der Waals surface area contributed by atoms with Crippen LogP contribution in [-0.2, 0) is 0 Å². The monoisotopic (exact) mass is 807 g/mol. The van der Waals surface area contributed by atoms with Gasteiger partial charge in [0.25, 0.3) is 0 Å². The van der Waals surface area contributed by atoms with Crippen molar-refractivity contribution < 1.29 is 21.9 Å². The van der Waals surface area contributed by atoms with E-state index < -0.39 is 109 Å². The van der Waals surface area contributed by atoms with Crippen molar-refractivity contribution >= 4 is 43.6 Å². The number of nitrogens with zero attached hydrogens (tertiary/aromatic N) is 5. The van der Waals surface area contributed by atoms with Crippen LogP contribution in [0.2, 0.25) is 0 Å². The summed E-state index contributed by atoms with van der Waals surface area (Å²) >= 11 is 0. The van der Waals surface area contributed by atoms with Crippen LogP contribution < -0.4 is 0 Å². The number of para-hydroxylation sites is 4. The third kappa shape index (κ3) is 6.06. The zero-order valence-electron chi connectivity index (χ0n) is 48.4. The molecule has 9 aromatic carbocycles. The first-order chi connectivity index (χ1) is 37.4. The zero-order chi connectivity index (χ0) is 54.9. The molecule has 5 heteroatoms. The molecule has 3 heterocycles. The second-order valence-electron chi connectivity index (χ2n) is 14.5. The maximum absolute atomic E-state index is 9.18. The lowest BCUT2D eigenvalue weighted by Crippen LogP contribution is -2.10. The van der Waals surface area contributed by atoms with Gasteiger partial charge in [0.2, 0.25) is 11.9 Å². The summed E-state index contributed by atoms with van der Waals surface area (Å²) in [4.78, 5) is 14.4. The van der Waals surface area contributed by atoms with E-state index in [-0.39, 0.29) is 49.4 Å². The van der Waals surface area contributed by atoms with E-state index >= 15 is 0 Å². The van der Waals surface area contributed by atoms with E-state index in [1.54, 1.807) is 12.1 Å². The molecule has 62 heavy (non-hydrogen) atoms. The maximum atomic E-state index is 9.18. The second kappa shape index (κ2) is 14.7. The van der Waals surface area contributed by atoms with E-state index in [0.29, 0.717) is 5.56 Å². The van der Waals surface area contributed by atoms with Crippen molar-refractivity contribution in [2.24, 2.45) is 0 Å². The van der Waals surface area contributed by atoms with Crippen LogP contribution in [0.1, 0.15) is 21.9 Å². The lowest BCUT2D eigenvalue weighted by Gasteiger charge is -2.13. The second-order valence-corrected chi connectivity index (χ2v) is 14.5. The Bertz CT molecular complexity index is 4210. The Morgan fingerprint density at radius 1 is 0.290 bits per heavy atom. The van der Waals surface area contributed by atoms with Gasteiger partial charge < -0.3 is 0 Å². The van der Waals surface area contributed by atoms with Crippen molar-refractivity contribution in [2.45, 2.75) is 0 Å². The molecule has 5 nitrogen and oxygen atoms in total. The van der Waals surface area contributed by atoms with Crippen LogP contribution in [0.25, 0.3) is 111 Å². The van der Waals surface area contributed by atoms with Gasteiger partial charge in [0.15, 0.2) is 5.82 Å². The summed E-state index contributed by atoms with van der Waals surface area (Å²) in [5.74, 6) is -1.06. The summed E-state index contributed by atoms with van der Waals surface area (Å²) in [7, 11) is 0. The number of benzene rings is 9. The van der Waals surface area contributed by atoms with Crippen LogP contribution in [0, 0.1) is 0 Å². The fraction of sp³-hybridized carbons (Fsp3) is 0. The molecule has 0 aliphatic heterocycles. The van der Waals surface area contributed by atoms with Crippen LogP contribution in [-0.4, -0.2) is 24.1 Å². The largest absolute Gasteiger partial charge is 0.278 e. The smallest absolute Gasteiger partial charge is 0.240 e. The van der Waals surface area contributed by atoms with Gasteiger partial charge in [0.05, 0.1) is 44.0 Å². The third-order valence-corrected chi connectivity index (χ3v) is 11.0. The molecule has 0 fully saturated rings. The first kappa shape index (κ1) is 22.8.